The van der Waals surface area contributed by atoms with Crippen LogP contribution in [0.4, 0.5) is 0 Å². The van der Waals surface area contributed by atoms with Gasteiger partial charge in [-0.25, -0.2) is 0 Å². The average Bonchev–Trinajstić information content (AvgIpc) is 2.90. The van der Waals surface area contributed by atoms with Crippen molar-refractivity contribution in [2.45, 2.75) is 26.2 Å². The number of hydrogen-bond acceptors (Lipinski definition) is 1. The van der Waals surface area contributed by atoms with Crippen molar-refractivity contribution in [2.75, 3.05) is 13.1 Å². The molecule has 0 bridgehead atoms. The summed E-state index contributed by atoms with van der Waals surface area (Å²) in [4.78, 5) is 17.2. The molecule has 3 nitrogen and oxygen atoms in total. The molecule has 0 saturated heterocycles. The smallest absolute Gasteiger partial charge is 0.222 e. The maximum absolute atomic E-state index is 11.9. The molecule has 21 heavy (non-hydrogen) atoms. The lowest BCUT2D eigenvalue weighted by Crippen LogP contribution is -2.34. The minimum Gasteiger partial charge on any atom is -0.361 e. The molecule has 0 aliphatic carbocycles. The van der Waals surface area contributed by atoms with Gasteiger partial charge < -0.3 is 9.88 Å². The van der Waals surface area contributed by atoms with E-state index in [1.54, 1.807) is 0 Å². The lowest BCUT2D eigenvalue weighted by Gasteiger charge is -2.26. The zero-order chi connectivity index (χ0) is 14.8. The van der Waals surface area contributed by atoms with E-state index in [2.05, 4.69) is 45.3 Å². The van der Waals surface area contributed by atoms with Gasteiger partial charge in [-0.1, -0.05) is 28.9 Å². The van der Waals surface area contributed by atoms with Crippen LogP contribution in [0.2, 0.25) is 0 Å². The van der Waals surface area contributed by atoms with Gasteiger partial charge in [0.25, 0.3) is 0 Å². The first kappa shape index (κ1) is 14.4. The number of rotatable bonds is 3. The molecule has 1 aromatic heterocycles. The fourth-order valence-corrected chi connectivity index (χ4v) is 3.23. The molecule has 0 saturated carbocycles. The predicted molar refractivity (Wildman–Crippen MR) is 90.1 cm³/mol. The van der Waals surface area contributed by atoms with Crippen molar-refractivity contribution in [1.29, 1.82) is 0 Å². The van der Waals surface area contributed by atoms with Gasteiger partial charge in [-0.3, -0.25) is 4.79 Å². The van der Waals surface area contributed by atoms with E-state index in [9.17, 15) is 4.79 Å². The molecule has 0 radical (unpaired) electrons. The van der Waals surface area contributed by atoms with Gasteiger partial charge in [0.05, 0.1) is 0 Å². The molecule has 3 rings (SSSR count). The van der Waals surface area contributed by atoms with Crippen LogP contribution in [-0.4, -0.2) is 28.9 Å². The van der Waals surface area contributed by atoms with Crippen LogP contribution < -0.4 is 0 Å². The molecule has 2 aromatic rings. The first-order valence-corrected chi connectivity index (χ1v) is 8.22. The molecule has 0 unspecified atom stereocenters. The number of nitrogens with zero attached hydrogens (tertiary/aromatic N) is 1. The van der Waals surface area contributed by atoms with Crippen molar-refractivity contribution < 1.29 is 4.79 Å². The van der Waals surface area contributed by atoms with E-state index >= 15 is 0 Å². The summed E-state index contributed by atoms with van der Waals surface area (Å²) in [6.45, 7) is 3.60. The zero-order valence-corrected chi connectivity index (χ0v) is 13.7. The van der Waals surface area contributed by atoms with Crippen LogP contribution in [0, 0.1) is 0 Å². The third-order valence-electron chi connectivity index (χ3n) is 4.02. The lowest BCUT2D eigenvalue weighted by atomic mass is 9.99. The second-order valence-corrected chi connectivity index (χ2v) is 6.38. The monoisotopic (exact) mass is 346 g/mol. The Kier molecular flexibility index (Phi) is 4.15. The van der Waals surface area contributed by atoms with Crippen molar-refractivity contribution >= 4 is 38.3 Å². The largest absolute Gasteiger partial charge is 0.361 e. The van der Waals surface area contributed by atoms with Crippen molar-refractivity contribution in [2.24, 2.45) is 0 Å². The van der Waals surface area contributed by atoms with Gasteiger partial charge in [-0.15, -0.1) is 0 Å². The standard InChI is InChI=1S/C17H19BrN2O/c1-2-3-17(21)20-8-6-12(7-9-20)15-11-19-16-5-4-13(18)10-14(15)16/h4-6,10-11,19H,2-3,7-9H2,1H3. The number of hydrogen-bond donors (Lipinski definition) is 1. The Hall–Kier alpha value is -1.55. The van der Waals surface area contributed by atoms with Crippen molar-refractivity contribution in [3.63, 3.8) is 0 Å². The molecular formula is C17H19BrN2O. The van der Waals surface area contributed by atoms with Gasteiger partial charge in [-0.05, 0) is 36.6 Å². The van der Waals surface area contributed by atoms with Crippen LogP contribution >= 0.6 is 15.9 Å². The topological polar surface area (TPSA) is 36.1 Å². The molecule has 1 aliphatic heterocycles. The highest BCUT2D eigenvalue weighted by molar-refractivity contribution is 9.10. The molecule has 1 N–H and O–H groups in total. The van der Waals surface area contributed by atoms with Gasteiger partial charge in [0.2, 0.25) is 5.91 Å². The SMILES string of the molecule is CCCC(=O)N1CC=C(c2c[nH]c3ccc(Br)cc23)CC1. The van der Waals surface area contributed by atoms with Gasteiger partial charge in [0.15, 0.2) is 0 Å². The van der Waals surface area contributed by atoms with Crippen molar-refractivity contribution in [3.8, 4) is 0 Å². The van der Waals surface area contributed by atoms with Gasteiger partial charge >= 0.3 is 0 Å². The second kappa shape index (κ2) is 6.06. The van der Waals surface area contributed by atoms with Crippen LogP contribution in [-0.2, 0) is 4.79 Å². The van der Waals surface area contributed by atoms with Crippen LogP contribution in [0.25, 0.3) is 16.5 Å². The summed E-state index contributed by atoms with van der Waals surface area (Å²) < 4.78 is 1.09. The Morgan fingerprint density at radius 2 is 2.29 bits per heavy atom. The summed E-state index contributed by atoms with van der Waals surface area (Å²) >= 11 is 3.53. The first-order chi connectivity index (χ1) is 10.2. The summed E-state index contributed by atoms with van der Waals surface area (Å²) in [5.74, 6) is 0.273. The number of nitrogens with one attached hydrogen (secondary N) is 1. The van der Waals surface area contributed by atoms with Gasteiger partial charge in [0.1, 0.15) is 0 Å². The van der Waals surface area contributed by atoms with E-state index in [4.69, 9.17) is 0 Å². The Labute approximate surface area is 133 Å². The number of aromatic amines is 1. The van der Waals surface area contributed by atoms with Crippen LogP contribution in [0.15, 0.2) is 34.9 Å². The predicted octanol–water partition coefficient (Wildman–Crippen LogP) is 4.35. The fraction of sp³-hybridized carbons (Fsp3) is 0.353. The molecular weight excluding hydrogens is 328 g/mol. The third-order valence-corrected chi connectivity index (χ3v) is 4.51. The number of fused-ring (bicyclic) bond motifs is 1. The molecule has 1 aliphatic rings. The minimum absolute atomic E-state index is 0.273. The molecule has 1 aromatic carbocycles. The number of carbonyl (C=O) groups excluding carboxylic acids is 1. The summed E-state index contributed by atoms with van der Waals surface area (Å²) in [7, 11) is 0. The van der Waals surface area contributed by atoms with E-state index in [1.807, 2.05) is 17.9 Å². The fourth-order valence-electron chi connectivity index (χ4n) is 2.87. The number of halogens is 1. The number of aromatic nitrogens is 1. The molecule has 0 fully saturated rings. The van der Waals surface area contributed by atoms with Crippen LogP contribution in [0.1, 0.15) is 31.7 Å². The quantitative estimate of drug-likeness (QED) is 0.881. The van der Waals surface area contributed by atoms with Crippen molar-refractivity contribution in [1.82, 2.24) is 9.88 Å². The number of amides is 1. The minimum atomic E-state index is 0.273. The maximum atomic E-state index is 11.9. The van der Waals surface area contributed by atoms with Gasteiger partial charge in [0, 0.05) is 46.6 Å². The highest BCUT2D eigenvalue weighted by Crippen LogP contribution is 2.31. The highest BCUT2D eigenvalue weighted by Gasteiger charge is 2.18. The highest BCUT2D eigenvalue weighted by atomic mass is 79.9. The zero-order valence-electron chi connectivity index (χ0n) is 12.2. The molecule has 0 atom stereocenters. The van der Waals surface area contributed by atoms with E-state index in [1.165, 1.54) is 16.5 Å². The first-order valence-electron chi connectivity index (χ1n) is 7.43. The lowest BCUT2D eigenvalue weighted by molar-refractivity contribution is -0.130. The van der Waals surface area contributed by atoms with Crippen molar-refractivity contribution in [3.05, 3.63) is 40.5 Å². The summed E-state index contributed by atoms with van der Waals surface area (Å²) in [6.07, 6.45) is 6.77. The second-order valence-electron chi connectivity index (χ2n) is 5.46. The Morgan fingerprint density at radius 1 is 1.43 bits per heavy atom. The summed E-state index contributed by atoms with van der Waals surface area (Å²) in [6, 6.07) is 6.28. The third kappa shape index (κ3) is 2.91. The Balaban J connectivity index is 1.84. The van der Waals surface area contributed by atoms with E-state index in [0.717, 1.165) is 35.9 Å². The average molecular weight is 347 g/mol. The summed E-state index contributed by atoms with van der Waals surface area (Å²) in [5, 5.41) is 1.24. The molecule has 110 valence electrons. The number of benzene rings is 1. The van der Waals surface area contributed by atoms with Crippen LogP contribution in [0.3, 0.4) is 0 Å². The number of H-pyrrole nitrogens is 1. The molecule has 4 heteroatoms. The Morgan fingerprint density at radius 3 is 3.00 bits per heavy atom. The van der Waals surface area contributed by atoms with E-state index in [-0.39, 0.29) is 5.91 Å². The normalized spacial score (nSPS) is 15.3. The molecule has 0 spiro atoms. The Bertz CT molecular complexity index is 702. The molecule has 2 heterocycles. The maximum Gasteiger partial charge on any atom is 0.222 e. The summed E-state index contributed by atoms with van der Waals surface area (Å²) in [5.41, 5.74) is 3.74. The van der Waals surface area contributed by atoms with Crippen LogP contribution in [0.5, 0.6) is 0 Å². The molecule has 1 amide bonds. The van der Waals surface area contributed by atoms with E-state index < -0.39 is 0 Å². The van der Waals surface area contributed by atoms with E-state index in [0.29, 0.717) is 6.42 Å². The van der Waals surface area contributed by atoms with Gasteiger partial charge in [-0.2, -0.15) is 0 Å². The number of carbonyl (C=O) groups is 1.